The van der Waals surface area contributed by atoms with Crippen molar-refractivity contribution in [3.05, 3.63) is 0 Å². The van der Waals surface area contributed by atoms with Gasteiger partial charge in [-0.25, -0.2) is 5.06 Å². The van der Waals surface area contributed by atoms with Crippen molar-refractivity contribution >= 4 is 6.41 Å². The molecule has 0 aromatic rings. The van der Waals surface area contributed by atoms with Crippen LogP contribution in [0.3, 0.4) is 0 Å². The van der Waals surface area contributed by atoms with Gasteiger partial charge in [0.25, 0.3) is 0 Å². The van der Waals surface area contributed by atoms with Gasteiger partial charge < -0.3 is 5.11 Å². The standard InChI is InChI=1S/C12H23NO3/c1-12(2,3)16-13(9-15)11-6-4-10(8-14)5-7-11/h9-11,14H,4-8H2,1-3H3/t10-,11+. The Bertz CT molecular complexity index is 217. The summed E-state index contributed by atoms with van der Waals surface area (Å²) in [6, 6.07) is 0.166. The first-order valence-corrected chi connectivity index (χ1v) is 6.00. The van der Waals surface area contributed by atoms with E-state index in [1.54, 1.807) is 0 Å². The second-order valence-corrected chi connectivity index (χ2v) is 5.53. The highest BCUT2D eigenvalue weighted by Gasteiger charge is 2.28. The van der Waals surface area contributed by atoms with E-state index in [0.29, 0.717) is 5.92 Å². The van der Waals surface area contributed by atoms with Crippen molar-refractivity contribution in [2.45, 2.75) is 58.1 Å². The molecule has 1 saturated carbocycles. The average molecular weight is 229 g/mol. The van der Waals surface area contributed by atoms with E-state index in [9.17, 15) is 4.79 Å². The summed E-state index contributed by atoms with van der Waals surface area (Å²) in [6.45, 7) is 6.06. The van der Waals surface area contributed by atoms with Crippen LogP contribution in [0.15, 0.2) is 0 Å². The third-order valence-electron chi connectivity index (χ3n) is 2.92. The maximum absolute atomic E-state index is 11.0. The highest BCUT2D eigenvalue weighted by atomic mass is 16.7. The molecule has 0 heterocycles. The van der Waals surface area contributed by atoms with E-state index in [2.05, 4.69) is 0 Å². The summed E-state index contributed by atoms with van der Waals surface area (Å²) in [5.41, 5.74) is -0.339. The fourth-order valence-corrected chi connectivity index (χ4v) is 2.08. The minimum Gasteiger partial charge on any atom is -0.396 e. The predicted molar refractivity (Wildman–Crippen MR) is 61.6 cm³/mol. The van der Waals surface area contributed by atoms with Gasteiger partial charge in [0.2, 0.25) is 6.41 Å². The molecule has 0 aliphatic heterocycles. The molecule has 1 fully saturated rings. The Morgan fingerprint density at radius 3 is 2.25 bits per heavy atom. The number of nitrogens with zero attached hydrogens (tertiary/aromatic N) is 1. The van der Waals surface area contributed by atoms with Crippen molar-refractivity contribution in [1.29, 1.82) is 0 Å². The highest BCUT2D eigenvalue weighted by Crippen LogP contribution is 2.28. The number of hydrogen-bond donors (Lipinski definition) is 1. The number of hydrogen-bond acceptors (Lipinski definition) is 3. The van der Waals surface area contributed by atoms with Crippen LogP contribution in [0, 0.1) is 5.92 Å². The first kappa shape index (κ1) is 13.5. The summed E-state index contributed by atoms with van der Waals surface area (Å²) >= 11 is 0. The summed E-state index contributed by atoms with van der Waals surface area (Å²) in [4.78, 5) is 16.6. The molecule has 0 atom stereocenters. The van der Waals surface area contributed by atoms with Crippen LogP contribution in [0.2, 0.25) is 0 Å². The molecular weight excluding hydrogens is 206 g/mol. The number of aliphatic hydroxyl groups is 1. The molecule has 0 aromatic heterocycles. The molecule has 4 heteroatoms. The third-order valence-corrected chi connectivity index (χ3v) is 2.92. The third kappa shape index (κ3) is 4.10. The Balaban J connectivity index is 2.46. The lowest BCUT2D eigenvalue weighted by atomic mass is 9.86. The second kappa shape index (κ2) is 5.64. The molecule has 1 aliphatic carbocycles. The Labute approximate surface area is 97.5 Å². The van der Waals surface area contributed by atoms with Crippen LogP contribution in [0.25, 0.3) is 0 Å². The van der Waals surface area contributed by atoms with Gasteiger partial charge in [-0.1, -0.05) is 0 Å². The minimum atomic E-state index is -0.339. The maximum atomic E-state index is 11.0. The predicted octanol–water partition coefficient (Wildman–Crippen LogP) is 1.73. The van der Waals surface area contributed by atoms with E-state index < -0.39 is 0 Å². The molecule has 4 nitrogen and oxygen atoms in total. The largest absolute Gasteiger partial charge is 0.396 e. The Kier molecular flexibility index (Phi) is 4.74. The molecule has 1 N–H and O–H groups in total. The maximum Gasteiger partial charge on any atom is 0.233 e. The van der Waals surface area contributed by atoms with E-state index >= 15 is 0 Å². The lowest BCUT2D eigenvalue weighted by molar-refractivity contribution is -0.236. The van der Waals surface area contributed by atoms with Gasteiger partial charge in [-0.15, -0.1) is 0 Å². The number of rotatable bonds is 4. The van der Waals surface area contributed by atoms with Gasteiger partial charge in [-0.05, 0) is 52.4 Å². The average Bonchev–Trinajstić information content (AvgIpc) is 2.25. The van der Waals surface area contributed by atoms with E-state index in [4.69, 9.17) is 9.94 Å². The summed E-state index contributed by atoms with van der Waals surface area (Å²) in [5.74, 6) is 0.402. The molecule has 94 valence electrons. The van der Waals surface area contributed by atoms with E-state index in [1.807, 2.05) is 20.8 Å². The molecule has 1 aliphatic rings. The zero-order chi connectivity index (χ0) is 12.2. The fraction of sp³-hybridized carbons (Fsp3) is 0.917. The van der Waals surface area contributed by atoms with Crippen molar-refractivity contribution in [3.63, 3.8) is 0 Å². The smallest absolute Gasteiger partial charge is 0.233 e. The van der Waals surface area contributed by atoms with Crippen molar-refractivity contribution in [3.8, 4) is 0 Å². The van der Waals surface area contributed by atoms with E-state index in [0.717, 1.165) is 32.1 Å². The molecule has 0 spiro atoms. The molecule has 1 rings (SSSR count). The molecular formula is C12H23NO3. The topological polar surface area (TPSA) is 49.8 Å². The van der Waals surface area contributed by atoms with Gasteiger partial charge in [0, 0.05) is 6.61 Å². The zero-order valence-electron chi connectivity index (χ0n) is 10.5. The molecule has 0 bridgehead atoms. The van der Waals surface area contributed by atoms with Crippen molar-refractivity contribution in [2.75, 3.05) is 6.61 Å². The molecule has 1 amide bonds. The Hall–Kier alpha value is -0.610. The molecule has 0 radical (unpaired) electrons. The number of carbonyl (C=O) groups excluding carboxylic acids is 1. The van der Waals surface area contributed by atoms with Crippen LogP contribution in [-0.4, -0.2) is 34.8 Å². The SMILES string of the molecule is CC(C)(C)ON(C=O)[C@H]1CC[C@@H](CO)CC1. The quantitative estimate of drug-likeness (QED) is 0.590. The first-order chi connectivity index (χ1) is 7.46. The molecule has 0 saturated heterocycles. The summed E-state index contributed by atoms with van der Waals surface area (Å²) in [5, 5.41) is 10.5. The first-order valence-electron chi connectivity index (χ1n) is 6.00. The number of amides is 1. The van der Waals surface area contributed by atoms with Gasteiger partial charge in [-0.3, -0.25) is 9.63 Å². The van der Waals surface area contributed by atoms with E-state index in [1.165, 1.54) is 5.06 Å². The van der Waals surface area contributed by atoms with Gasteiger partial charge in [-0.2, -0.15) is 0 Å². The van der Waals surface area contributed by atoms with Crippen LogP contribution in [0.4, 0.5) is 0 Å². The van der Waals surface area contributed by atoms with Gasteiger partial charge in [0.15, 0.2) is 0 Å². The monoisotopic (exact) mass is 229 g/mol. The Morgan fingerprint density at radius 2 is 1.88 bits per heavy atom. The van der Waals surface area contributed by atoms with Crippen LogP contribution < -0.4 is 0 Å². The van der Waals surface area contributed by atoms with Crippen LogP contribution in [-0.2, 0) is 9.63 Å². The zero-order valence-corrected chi connectivity index (χ0v) is 10.5. The molecule has 0 aromatic carbocycles. The van der Waals surface area contributed by atoms with Crippen LogP contribution in [0.5, 0.6) is 0 Å². The fourth-order valence-electron chi connectivity index (χ4n) is 2.08. The number of carbonyl (C=O) groups is 1. The van der Waals surface area contributed by atoms with Crippen molar-refractivity contribution in [1.82, 2.24) is 5.06 Å². The summed E-state index contributed by atoms with van der Waals surface area (Å²) < 4.78 is 0. The van der Waals surface area contributed by atoms with Crippen molar-refractivity contribution in [2.24, 2.45) is 5.92 Å². The van der Waals surface area contributed by atoms with E-state index in [-0.39, 0.29) is 18.2 Å². The summed E-state index contributed by atoms with van der Waals surface area (Å²) in [6.07, 6.45) is 4.55. The lowest BCUT2D eigenvalue weighted by Crippen LogP contribution is -2.42. The number of hydroxylamine groups is 2. The summed E-state index contributed by atoms with van der Waals surface area (Å²) in [7, 11) is 0. The highest BCUT2D eigenvalue weighted by molar-refractivity contribution is 5.45. The van der Waals surface area contributed by atoms with Gasteiger partial charge >= 0.3 is 0 Å². The van der Waals surface area contributed by atoms with Crippen molar-refractivity contribution < 1.29 is 14.7 Å². The van der Waals surface area contributed by atoms with Gasteiger partial charge in [0.1, 0.15) is 0 Å². The van der Waals surface area contributed by atoms with Gasteiger partial charge in [0.05, 0.1) is 11.6 Å². The number of aliphatic hydroxyl groups excluding tert-OH is 1. The molecule has 16 heavy (non-hydrogen) atoms. The Morgan fingerprint density at radius 1 is 1.31 bits per heavy atom. The normalized spacial score (nSPS) is 26.5. The minimum absolute atomic E-state index is 0.166. The molecule has 0 unspecified atom stereocenters. The van der Waals surface area contributed by atoms with Crippen LogP contribution >= 0.6 is 0 Å². The van der Waals surface area contributed by atoms with Crippen LogP contribution in [0.1, 0.15) is 46.5 Å². The second-order valence-electron chi connectivity index (χ2n) is 5.53. The lowest BCUT2D eigenvalue weighted by Gasteiger charge is -2.36.